The van der Waals surface area contributed by atoms with Crippen LogP contribution in [-0.4, -0.2) is 19.1 Å². The molecule has 0 aliphatic carbocycles. The van der Waals surface area contributed by atoms with Gasteiger partial charge in [0.25, 0.3) is 5.91 Å². The standard InChI is InChI=1S/C20H24ClNO3/c1-5-18(15-6-11-19(24-4)13(2)12-15)22-20(23)14(3)25-17-9-7-16(21)8-10-17/h6-12,14,18H,5H2,1-4H3,(H,22,23)/t14-,18+/m0/s1. The first-order valence-electron chi connectivity index (χ1n) is 8.31. The molecule has 0 unspecified atom stereocenters. The summed E-state index contributed by atoms with van der Waals surface area (Å²) in [7, 11) is 1.65. The number of hydrogen-bond acceptors (Lipinski definition) is 3. The average Bonchev–Trinajstić information content (AvgIpc) is 2.61. The van der Waals surface area contributed by atoms with Gasteiger partial charge in [-0.1, -0.05) is 30.7 Å². The molecule has 1 amide bonds. The van der Waals surface area contributed by atoms with Crippen molar-refractivity contribution >= 4 is 17.5 Å². The lowest BCUT2D eigenvalue weighted by Gasteiger charge is -2.22. The molecule has 0 saturated carbocycles. The summed E-state index contributed by atoms with van der Waals surface area (Å²) in [5.41, 5.74) is 2.09. The summed E-state index contributed by atoms with van der Waals surface area (Å²) < 4.78 is 11.0. The van der Waals surface area contributed by atoms with Gasteiger partial charge in [-0.05, 0) is 61.7 Å². The molecular formula is C20H24ClNO3. The minimum atomic E-state index is -0.602. The molecule has 0 heterocycles. The van der Waals surface area contributed by atoms with Crippen LogP contribution >= 0.6 is 11.6 Å². The van der Waals surface area contributed by atoms with Crippen LogP contribution in [-0.2, 0) is 4.79 Å². The number of aryl methyl sites for hydroxylation is 1. The second kappa shape index (κ2) is 8.77. The lowest BCUT2D eigenvalue weighted by atomic mass is 10.0. The van der Waals surface area contributed by atoms with E-state index in [9.17, 15) is 4.79 Å². The van der Waals surface area contributed by atoms with E-state index in [1.807, 2.05) is 32.0 Å². The van der Waals surface area contributed by atoms with Gasteiger partial charge in [-0.25, -0.2) is 0 Å². The number of carbonyl (C=O) groups is 1. The zero-order valence-electron chi connectivity index (χ0n) is 15.0. The molecule has 0 aliphatic heterocycles. The van der Waals surface area contributed by atoms with Crippen LogP contribution in [0.4, 0.5) is 0 Å². The molecule has 2 atom stereocenters. The van der Waals surface area contributed by atoms with Crippen molar-refractivity contribution in [1.29, 1.82) is 0 Å². The van der Waals surface area contributed by atoms with Gasteiger partial charge in [-0.15, -0.1) is 0 Å². The smallest absolute Gasteiger partial charge is 0.261 e. The maximum Gasteiger partial charge on any atom is 0.261 e. The van der Waals surface area contributed by atoms with Gasteiger partial charge in [-0.3, -0.25) is 4.79 Å². The van der Waals surface area contributed by atoms with Crippen molar-refractivity contribution in [2.45, 2.75) is 39.3 Å². The largest absolute Gasteiger partial charge is 0.496 e. The summed E-state index contributed by atoms with van der Waals surface area (Å²) in [5.74, 6) is 1.29. The van der Waals surface area contributed by atoms with Gasteiger partial charge in [0.2, 0.25) is 0 Å². The maximum atomic E-state index is 12.5. The fraction of sp³-hybridized carbons (Fsp3) is 0.350. The molecule has 25 heavy (non-hydrogen) atoms. The minimum Gasteiger partial charge on any atom is -0.496 e. The molecule has 2 aromatic carbocycles. The van der Waals surface area contributed by atoms with Crippen molar-refractivity contribution in [3.8, 4) is 11.5 Å². The number of rotatable bonds is 7. The zero-order chi connectivity index (χ0) is 18.4. The highest BCUT2D eigenvalue weighted by Gasteiger charge is 2.20. The molecule has 4 nitrogen and oxygen atoms in total. The third kappa shape index (κ3) is 5.13. The van der Waals surface area contributed by atoms with Gasteiger partial charge in [-0.2, -0.15) is 0 Å². The second-order valence-corrected chi connectivity index (χ2v) is 6.35. The first-order chi connectivity index (χ1) is 11.9. The highest BCUT2D eigenvalue weighted by molar-refractivity contribution is 6.30. The van der Waals surface area contributed by atoms with Gasteiger partial charge in [0.05, 0.1) is 13.2 Å². The fourth-order valence-electron chi connectivity index (χ4n) is 2.60. The Balaban J connectivity index is 2.03. The van der Waals surface area contributed by atoms with Crippen molar-refractivity contribution in [2.75, 3.05) is 7.11 Å². The van der Waals surface area contributed by atoms with E-state index in [0.29, 0.717) is 10.8 Å². The Hall–Kier alpha value is -2.20. The fourth-order valence-corrected chi connectivity index (χ4v) is 2.73. The third-order valence-electron chi connectivity index (χ3n) is 4.04. The summed E-state index contributed by atoms with van der Waals surface area (Å²) in [5, 5.41) is 3.68. The third-order valence-corrected chi connectivity index (χ3v) is 4.29. The van der Waals surface area contributed by atoms with E-state index in [1.54, 1.807) is 38.3 Å². The van der Waals surface area contributed by atoms with Crippen LogP contribution in [0, 0.1) is 6.92 Å². The topological polar surface area (TPSA) is 47.6 Å². The number of benzene rings is 2. The number of halogens is 1. The number of carbonyl (C=O) groups excluding carboxylic acids is 1. The van der Waals surface area contributed by atoms with Gasteiger partial charge in [0.1, 0.15) is 11.5 Å². The van der Waals surface area contributed by atoms with E-state index in [0.717, 1.165) is 23.3 Å². The molecule has 2 aromatic rings. The molecule has 0 bridgehead atoms. The van der Waals surface area contributed by atoms with E-state index < -0.39 is 6.10 Å². The summed E-state index contributed by atoms with van der Waals surface area (Å²) >= 11 is 5.86. The van der Waals surface area contributed by atoms with E-state index in [-0.39, 0.29) is 11.9 Å². The molecular weight excluding hydrogens is 338 g/mol. The molecule has 0 fully saturated rings. The highest BCUT2D eigenvalue weighted by atomic mass is 35.5. The number of nitrogens with one attached hydrogen (secondary N) is 1. The quantitative estimate of drug-likeness (QED) is 0.778. The first kappa shape index (κ1) is 19.1. The van der Waals surface area contributed by atoms with Crippen LogP contribution in [0.2, 0.25) is 5.02 Å². The van der Waals surface area contributed by atoms with E-state index >= 15 is 0 Å². The summed E-state index contributed by atoms with van der Waals surface area (Å²) in [6.45, 7) is 5.76. The number of hydrogen-bond donors (Lipinski definition) is 1. The van der Waals surface area contributed by atoms with Gasteiger partial charge in [0.15, 0.2) is 6.10 Å². The SMILES string of the molecule is CC[C@@H](NC(=O)[C@H](C)Oc1ccc(Cl)cc1)c1ccc(OC)c(C)c1. The highest BCUT2D eigenvalue weighted by Crippen LogP contribution is 2.24. The van der Waals surface area contributed by atoms with Crippen LogP contribution in [0.15, 0.2) is 42.5 Å². The molecule has 2 rings (SSSR count). The van der Waals surface area contributed by atoms with Crippen molar-refractivity contribution in [3.63, 3.8) is 0 Å². The number of amides is 1. The first-order valence-corrected chi connectivity index (χ1v) is 8.69. The Bertz CT molecular complexity index is 715. The van der Waals surface area contributed by atoms with Crippen molar-refractivity contribution in [2.24, 2.45) is 0 Å². The Morgan fingerprint density at radius 3 is 2.44 bits per heavy atom. The summed E-state index contributed by atoms with van der Waals surface area (Å²) in [4.78, 5) is 12.5. The van der Waals surface area contributed by atoms with E-state index in [4.69, 9.17) is 21.1 Å². The van der Waals surface area contributed by atoms with Gasteiger partial charge in [0, 0.05) is 5.02 Å². The Labute approximate surface area is 154 Å². The molecule has 0 aromatic heterocycles. The summed E-state index contributed by atoms with van der Waals surface area (Å²) in [6.07, 6.45) is 0.181. The lowest BCUT2D eigenvalue weighted by Crippen LogP contribution is -2.38. The normalized spacial score (nSPS) is 13.0. The maximum absolute atomic E-state index is 12.5. The second-order valence-electron chi connectivity index (χ2n) is 5.91. The molecule has 134 valence electrons. The molecule has 5 heteroatoms. The summed E-state index contributed by atoms with van der Waals surface area (Å²) in [6, 6.07) is 12.8. The van der Waals surface area contributed by atoms with Crippen LogP contribution in [0.3, 0.4) is 0 Å². The Morgan fingerprint density at radius 1 is 1.20 bits per heavy atom. The van der Waals surface area contributed by atoms with Crippen LogP contribution in [0.25, 0.3) is 0 Å². The molecule has 0 aliphatic rings. The number of ether oxygens (including phenoxy) is 2. The van der Waals surface area contributed by atoms with Crippen LogP contribution < -0.4 is 14.8 Å². The van der Waals surface area contributed by atoms with Crippen molar-refractivity contribution in [1.82, 2.24) is 5.32 Å². The molecule has 0 spiro atoms. The molecule has 1 N–H and O–H groups in total. The van der Waals surface area contributed by atoms with Gasteiger partial charge < -0.3 is 14.8 Å². The predicted molar refractivity (Wildman–Crippen MR) is 100 cm³/mol. The minimum absolute atomic E-state index is 0.0756. The van der Waals surface area contributed by atoms with E-state index in [1.165, 1.54) is 0 Å². The number of methoxy groups -OCH3 is 1. The van der Waals surface area contributed by atoms with Crippen molar-refractivity contribution in [3.05, 3.63) is 58.6 Å². The van der Waals surface area contributed by atoms with E-state index in [2.05, 4.69) is 5.32 Å². The Kier molecular flexibility index (Phi) is 6.71. The monoisotopic (exact) mass is 361 g/mol. The lowest BCUT2D eigenvalue weighted by molar-refractivity contribution is -0.128. The molecule has 0 saturated heterocycles. The predicted octanol–water partition coefficient (Wildman–Crippen LogP) is 4.69. The van der Waals surface area contributed by atoms with Crippen LogP contribution in [0.1, 0.15) is 37.4 Å². The van der Waals surface area contributed by atoms with Crippen LogP contribution in [0.5, 0.6) is 11.5 Å². The Morgan fingerprint density at radius 2 is 1.88 bits per heavy atom. The molecule has 0 radical (unpaired) electrons. The zero-order valence-corrected chi connectivity index (χ0v) is 15.8. The van der Waals surface area contributed by atoms with Crippen molar-refractivity contribution < 1.29 is 14.3 Å². The average molecular weight is 362 g/mol. The van der Waals surface area contributed by atoms with Gasteiger partial charge >= 0.3 is 0 Å².